The lowest BCUT2D eigenvalue weighted by atomic mass is 9.44. The van der Waals surface area contributed by atoms with Crippen molar-refractivity contribution in [2.24, 2.45) is 23.2 Å². The molecule has 138 valence electrons. The Balaban J connectivity index is 0.000000324. The number of halogens is 4. The van der Waals surface area contributed by atoms with Gasteiger partial charge in [-0.2, -0.15) is 0 Å². The van der Waals surface area contributed by atoms with Crippen LogP contribution in [0.3, 0.4) is 0 Å². The summed E-state index contributed by atoms with van der Waals surface area (Å²) in [7, 11) is -6.00. The first-order chi connectivity index (χ1) is 11.6. The van der Waals surface area contributed by atoms with Gasteiger partial charge in [0.2, 0.25) is 0 Å². The molecule has 3 fully saturated rings. The van der Waals surface area contributed by atoms with E-state index in [4.69, 9.17) is 0 Å². The first-order valence-corrected chi connectivity index (χ1v) is 9.13. The molecule has 4 atom stereocenters. The molecule has 1 aliphatic heterocycles. The third kappa shape index (κ3) is 3.77. The maximum atomic E-state index is 9.75. The van der Waals surface area contributed by atoms with Crippen molar-refractivity contribution in [3.63, 3.8) is 0 Å². The molecule has 1 heterocycles. The van der Waals surface area contributed by atoms with Crippen molar-refractivity contribution in [1.82, 2.24) is 0 Å². The largest absolute Gasteiger partial charge is 0.673 e. The minimum absolute atomic E-state index is 0.601. The molecule has 1 aromatic rings. The Labute approximate surface area is 147 Å². The second-order valence-electron chi connectivity index (χ2n) is 8.33. The van der Waals surface area contributed by atoms with E-state index in [1.54, 1.807) is 0 Å². The highest BCUT2D eigenvalue weighted by Crippen LogP contribution is 2.61. The van der Waals surface area contributed by atoms with Gasteiger partial charge in [-0.15, -0.1) is 0 Å². The molecule has 0 spiro atoms. The Hall–Kier alpha value is -1.33. The molecule has 0 saturated heterocycles. The summed E-state index contributed by atoms with van der Waals surface area (Å²) >= 11 is 0. The zero-order chi connectivity index (χ0) is 18.4. The molecule has 0 amide bonds. The lowest BCUT2D eigenvalue weighted by Gasteiger charge is -2.60. The average Bonchev–Trinajstić information content (AvgIpc) is 2.52. The third-order valence-corrected chi connectivity index (χ3v) is 6.74. The van der Waals surface area contributed by atoms with Gasteiger partial charge in [-0.05, 0) is 35.3 Å². The predicted molar refractivity (Wildman–Crippen MR) is 93.6 cm³/mol. The topological polar surface area (TPSA) is 3.01 Å². The summed E-state index contributed by atoms with van der Waals surface area (Å²) in [6.07, 6.45) is 6.55. The first kappa shape index (κ1) is 18.5. The molecule has 0 radical (unpaired) electrons. The number of benzene rings is 1. The Morgan fingerprint density at radius 3 is 2.32 bits per heavy atom. The van der Waals surface area contributed by atoms with Gasteiger partial charge in [0.25, 0.3) is 0 Å². The van der Waals surface area contributed by atoms with Gasteiger partial charge in [0, 0.05) is 24.3 Å². The summed E-state index contributed by atoms with van der Waals surface area (Å²) in [6.45, 7) is 8.70. The van der Waals surface area contributed by atoms with Crippen molar-refractivity contribution in [3.8, 4) is 0 Å². The first-order valence-electron chi connectivity index (χ1n) is 9.13. The van der Waals surface area contributed by atoms with Gasteiger partial charge in [-0.25, -0.2) is 4.58 Å². The zero-order valence-electron chi connectivity index (χ0n) is 15.1. The smallest absolute Gasteiger partial charge is 0.418 e. The molecule has 0 unspecified atom stereocenters. The molecule has 3 saturated carbocycles. The third-order valence-electron chi connectivity index (χ3n) is 6.74. The Morgan fingerprint density at radius 2 is 1.72 bits per heavy atom. The normalized spacial score (nSPS) is 32.5. The highest BCUT2D eigenvalue weighted by molar-refractivity contribution is 6.50. The fraction of sp³-hybridized carbons (Fsp3) is 0.632. The second kappa shape index (κ2) is 6.44. The van der Waals surface area contributed by atoms with Crippen LogP contribution in [0.15, 0.2) is 24.3 Å². The van der Waals surface area contributed by atoms with Crippen molar-refractivity contribution in [1.29, 1.82) is 0 Å². The van der Waals surface area contributed by atoms with Crippen molar-refractivity contribution in [2.75, 3.05) is 6.54 Å². The lowest BCUT2D eigenvalue weighted by Crippen LogP contribution is -2.59. The van der Waals surface area contributed by atoms with Crippen LogP contribution in [-0.4, -0.2) is 30.6 Å². The summed E-state index contributed by atoms with van der Waals surface area (Å²) in [5.74, 6) is 2.74. The van der Waals surface area contributed by atoms with Crippen molar-refractivity contribution >= 4 is 13.5 Å². The molecule has 0 aromatic heterocycles. The molecule has 3 aliphatic carbocycles. The molecule has 25 heavy (non-hydrogen) atoms. The van der Waals surface area contributed by atoms with E-state index >= 15 is 0 Å². The van der Waals surface area contributed by atoms with Crippen molar-refractivity contribution < 1.29 is 21.8 Å². The van der Waals surface area contributed by atoms with E-state index in [1.165, 1.54) is 36.9 Å². The maximum absolute atomic E-state index is 9.75. The van der Waals surface area contributed by atoms with Gasteiger partial charge >= 0.3 is 7.25 Å². The number of hydrogen-bond donors (Lipinski definition) is 0. The van der Waals surface area contributed by atoms with E-state index in [1.807, 2.05) is 0 Å². The molecule has 6 heteroatoms. The van der Waals surface area contributed by atoms with Crippen LogP contribution >= 0.6 is 0 Å². The number of hydrogen-bond acceptors (Lipinski definition) is 0. The van der Waals surface area contributed by atoms with Crippen LogP contribution in [0.25, 0.3) is 0 Å². The minimum atomic E-state index is -6.00. The van der Waals surface area contributed by atoms with Crippen LogP contribution in [0.2, 0.25) is 0 Å². The number of nitrogens with zero attached hydrogens (tertiary/aromatic N) is 1. The predicted octanol–water partition coefficient (Wildman–Crippen LogP) is 5.04. The SMILES string of the molecule is C[C@H]1[C@H]([N+]2=Cc3ccccc3CC2)C[C@@H]2C[C@H]1C2(C)C.F[B-](F)(F)F. The monoisotopic (exact) mass is 355 g/mol. The van der Waals surface area contributed by atoms with E-state index in [0.29, 0.717) is 5.41 Å². The molecule has 0 N–H and O–H groups in total. The molecule has 2 bridgehead atoms. The van der Waals surface area contributed by atoms with E-state index in [9.17, 15) is 17.3 Å². The van der Waals surface area contributed by atoms with E-state index in [-0.39, 0.29) is 0 Å². The standard InChI is InChI=1S/C19H26N.BF4/c1-13-17-10-16(19(17,2)3)11-18(13)20-9-8-14-6-4-5-7-15(14)12-20;2-1(3,4)5/h4-7,12-13,16-18H,8-11H2,1-3H3;/q+1;-1/t13-,16+,17-,18-;/m1./s1. The van der Waals surface area contributed by atoms with Crippen molar-refractivity contribution in [3.05, 3.63) is 35.4 Å². The molecule has 1 aromatic carbocycles. The molecule has 4 aliphatic rings. The highest BCUT2D eigenvalue weighted by Gasteiger charge is 2.59. The van der Waals surface area contributed by atoms with Crippen LogP contribution in [0.5, 0.6) is 0 Å². The van der Waals surface area contributed by atoms with Crippen LogP contribution in [0.4, 0.5) is 17.3 Å². The van der Waals surface area contributed by atoms with Crippen LogP contribution in [-0.2, 0) is 6.42 Å². The van der Waals surface area contributed by atoms with Gasteiger partial charge in [0.05, 0.1) is 0 Å². The van der Waals surface area contributed by atoms with E-state index in [2.05, 4.69) is 55.8 Å². The van der Waals surface area contributed by atoms with Crippen LogP contribution < -0.4 is 0 Å². The second-order valence-corrected chi connectivity index (χ2v) is 8.33. The summed E-state index contributed by atoms with van der Waals surface area (Å²) in [4.78, 5) is 0. The van der Waals surface area contributed by atoms with Gasteiger partial charge in [-0.1, -0.05) is 39.0 Å². The quantitative estimate of drug-likeness (QED) is 0.377. The Morgan fingerprint density at radius 1 is 1.08 bits per heavy atom. The van der Waals surface area contributed by atoms with E-state index in [0.717, 1.165) is 23.8 Å². The fourth-order valence-electron chi connectivity index (χ4n) is 5.20. The Bertz CT molecular complexity index is 662. The summed E-state index contributed by atoms with van der Waals surface area (Å²) < 4.78 is 41.7. The summed E-state index contributed by atoms with van der Waals surface area (Å²) in [5.41, 5.74) is 3.58. The van der Waals surface area contributed by atoms with Gasteiger partial charge in [0.1, 0.15) is 6.54 Å². The summed E-state index contributed by atoms with van der Waals surface area (Å²) in [6, 6.07) is 9.68. The fourth-order valence-corrected chi connectivity index (χ4v) is 5.20. The Kier molecular flexibility index (Phi) is 4.76. The zero-order valence-corrected chi connectivity index (χ0v) is 15.1. The molecular weight excluding hydrogens is 329 g/mol. The van der Waals surface area contributed by atoms with E-state index < -0.39 is 7.25 Å². The summed E-state index contributed by atoms with van der Waals surface area (Å²) in [5, 5.41) is 0. The minimum Gasteiger partial charge on any atom is -0.418 e. The van der Waals surface area contributed by atoms with Crippen LogP contribution in [0.1, 0.15) is 44.7 Å². The molecular formula is C19H26BF4N. The van der Waals surface area contributed by atoms with Gasteiger partial charge in [0.15, 0.2) is 12.3 Å². The number of rotatable bonds is 1. The molecule has 1 nitrogen and oxygen atoms in total. The maximum Gasteiger partial charge on any atom is 0.673 e. The average molecular weight is 355 g/mol. The van der Waals surface area contributed by atoms with Gasteiger partial charge < -0.3 is 17.3 Å². The number of fused-ring (bicyclic) bond motifs is 3. The molecule has 5 rings (SSSR count). The van der Waals surface area contributed by atoms with Crippen LogP contribution in [0, 0.1) is 23.2 Å². The van der Waals surface area contributed by atoms with Gasteiger partial charge in [-0.3, -0.25) is 0 Å². The van der Waals surface area contributed by atoms with Crippen molar-refractivity contribution in [2.45, 2.75) is 46.1 Å². The lowest BCUT2D eigenvalue weighted by molar-refractivity contribution is -0.584. The highest BCUT2D eigenvalue weighted by atomic mass is 19.5.